The van der Waals surface area contributed by atoms with Crippen LogP contribution in [-0.2, 0) is 22.7 Å². The first-order valence-corrected chi connectivity index (χ1v) is 27.5. The molecule has 2 heteroatoms. The first-order valence-electron chi connectivity index (χ1n) is 27.5. The molecule has 374 valence electrons. The van der Waals surface area contributed by atoms with E-state index in [1.807, 2.05) is 0 Å². The van der Waals surface area contributed by atoms with E-state index in [0.717, 1.165) is 46.1 Å². The van der Waals surface area contributed by atoms with Crippen molar-refractivity contribution in [2.75, 3.05) is 9.80 Å². The third-order valence-corrected chi connectivity index (χ3v) is 17.6. The summed E-state index contributed by atoms with van der Waals surface area (Å²) in [7, 11) is 0. The Morgan fingerprint density at radius 3 is 1.36 bits per heavy atom. The summed E-state index contributed by atoms with van der Waals surface area (Å²) in [5.41, 5.74) is 22.1. The van der Waals surface area contributed by atoms with E-state index in [4.69, 9.17) is 6.58 Å². The van der Waals surface area contributed by atoms with E-state index in [-0.39, 0.29) is 10.8 Å². The van der Waals surface area contributed by atoms with Crippen molar-refractivity contribution in [3.8, 4) is 22.3 Å². The number of nitrogens with zero attached hydrogens (tertiary/aromatic N) is 2. The first kappa shape index (κ1) is 47.2. The van der Waals surface area contributed by atoms with Crippen LogP contribution < -0.4 is 9.80 Å². The number of fused-ring (bicyclic) bond motifs is 9. The predicted molar refractivity (Wildman–Crippen MR) is 329 cm³/mol. The first-order chi connectivity index (χ1) is 38.1. The molecule has 0 saturated carbocycles. The number of rotatable bonds is 8. The summed E-state index contributed by atoms with van der Waals surface area (Å²) in [4.78, 5) is 4.87. The molecule has 11 aromatic carbocycles. The van der Waals surface area contributed by atoms with Crippen LogP contribution in [0.5, 0.6) is 0 Å². The van der Waals surface area contributed by atoms with Crippen LogP contribution in [0.15, 0.2) is 285 Å². The topological polar surface area (TPSA) is 6.48 Å². The number of hydrogen-bond donors (Lipinski definition) is 0. The fourth-order valence-corrected chi connectivity index (χ4v) is 13.4. The second-order valence-electron chi connectivity index (χ2n) is 22.6. The Bertz CT molecular complexity index is 4210. The van der Waals surface area contributed by atoms with Crippen molar-refractivity contribution in [2.45, 2.75) is 50.4 Å². The van der Waals surface area contributed by atoms with E-state index in [0.29, 0.717) is 0 Å². The van der Waals surface area contributed by atoms with Gasteiger partial charge in [-0.3, -0.25) is 0 Å². The fourth-order valence-electron chi connectivity index (χ4n) is 13.4. The fraction of sp³-hybridized carbons (Fsp3) is 0.105. The minimum Gasteiger partial charge on any atom is -0.310 e. The molecule has 78 heavy (non-hydrogen) atoms. The Hall–Kier alpha value is -9.24. The van der Waals surface area contributed by atoms with Crippen molar-refractivity contribution < 1.29 is 0 Å². The van der Waals surface area contributed by atoms with Gasteiger partial charge in [0.2, 0.25) is 0 Å². The normalized spacial score (nSPS) is 16.3. The summed E-state index contributed by atoms with van der Waals surface area (Å²) in [5.74, 6) is 0. The summed E-state index contributed by atoms with van der Waals surface area (Å²) in [6, 6.07) is 92.9. The van der Waals surface area contributed by atoms with Crippen molar-refractivity contribution in [2.24, 2.45) is 0 Å². The summed E-state index contributed by atoms with van der Waals surface area (Å²) in [6.45, 7) is 14.1. The summed E-state index contributed by atoms with van der Waals surface area (Å²) in [6.07, 6.45) is 7.74. The maximum Gasteiger partial charge on any atom is 0.0713 e. The van der Waals surface area contributed by atoms with Gasteiger partial charge < -0.3 is 9.80 Å². The van der Waals surface area contributed by atoms with Gasteiger partial charge in [-0.2, -0.15) is 0 Å². The Morgan fingerprint density at radius 1 is 0.346 bits per heavy atom. The Morgan fingerprint density at radius 2 is 0.769 bits per heavy atom. The number of hydrogen-bond acceptors (Lipinski definition) is 2. The molecular weight excluding hydrogens is 941 g/mol. The molecule has 0 aliphatic heterocycles. The lowest BCUT2D eigenvalue weighted by atomic mass is 9.67. The van der Waals surface area contributed by atoms with Crippen molar-refractivity contribution in [3.63, 3.8) is 0 Å². The average Bonchev–Trinajstić information content (AvgIpc) is 4.13. The van der Waals surface area contributed by atoms with E-state index in [2.05, 4.69) is 304 Å². The Kier molecular flexibility index (Phi) is 11.0. The molecule has 0 atom stereocenters. The molecule has 11 aromatic rings. The quantitative estimate of drug-likeness (QED) is 0.150. The van der Waals surface area contributed by atoms with E-state index in [9.17, 15) is 0 Å². The minimum absolute atomic E-state index is 0.140. The second kappa shape index (κ2) is 18.2. The molecule has 0 heterocycles. The monoisotopic (exact) mass is 1000 g/mol. The molecule has 0 fully saturated rings. The lowest BCUT2D eigenvalue weighted by molar-refractivity contribution is 0.634. The van der Waals surface area contributed by atoms with Gasteiger partial charge in [0.05, 0.1) is 5.41 Å². The third kappa shape index (κ3) is 7.38. The molecule has 0 unspecified atom stereocenters. The summed E-state index contributed by atoms with van der Waals surface area (Å²) in [5, 5.41) is 4.85. The molecule has 2 nitrogen and oxygen atoms in total. The molecule has 0 amide bonds. The van der Waals surface area contributed by atoms with Gasteiger partial charge in [0.1, 0.15) is 0 Å². The van der Waals surface area contributed by atoms with Crippen LogP contribution in [0, 0.1) is 0 Å². The Balaban J connectivity index is 0.926. The van der Waals surface area contributed by atoms with Crippen LogP contribution in [0.4, 0.5) is 28.4 Å². The number of benzene rings is 11. The van der Waals surface area contributed by atoms with Gasteiger partial charge in [0.15, 0.2) is 0 Å². The number of anilines is 5. The van der Waals surface area contributed by atoms with Crippen molar-refractivity contribution in [1.29, 1.82) is 0 Å². The van der Waals surface area contributed by atoms with Gasteiger partial charge in [0, 0.05) is 45.0 Å². The SMILES string of the molecule is C=C1/C=C(N(c2ccc(C3(c4ccc(N(c5ccc6c(c5)C(C)(C)c5ccccc5-6)c5ccc6ccccc6c5)cc4)c4ccccc4-c4ccccc43)cc2)c2ccc3ccccc3c2)\C=C/Cc2ccccc2C1(C)C. The molecule has 3 aliphatic carbocycles. The minimum atomic E-state index is -0.614. The average molecular weight is 1000 g/mol. The van der Waals surface area contributed by atoms with Gasteiger partial charge >= 0.3 is 0 Å². The standard InChI is InChI=1S/C76H60N2/c1-51-47-61(25-18-24-54-21-10-14-29-69(54)74(51,2)3)77(62-39-33-52-19-6-8-22-55(52)48-62)59-41-35-57(36-42-59)76(71-31-16-12-27-66(71)67-28-13-17-32-72(67)76)58-37-43-60(44-38-58)78(63-40-34-53-20-7-9-23-56(53)49-63)64-45-46-68-65-26-11-15-30-70(65)75(4,5)73(68)50-64/h6-23,25-50H,1,24H2,2-5H3/b25-18-,61-47+. The highest BCUT2D eigenvalue weighted by molar-refractivity contribution is 5.93. The van der Waals surface area contributed by atoms with Gasteiger partial charge in [-0.1, -0.05) is 228 Å². The van der Waals surface area contributed by atoms with Crippen molar-refractivity contribution >= 4 is 50.0 Å². The third-order valence-electron chi connectivity index (χ3n) is 17.6. The number of allylic oxidation sites excluding steroid dienone is 4. The Labute approximate surface area is 459 Å². The van der Waals surface area contributed by atoms with Gasteiger partial charge in [-0.25, -0.2) is 0 Å². The van der Waals surface area contributed by atoms with E-state index < -0.39 is 5.41 Å². The van der Waals surface area contributed by atoms with Crippen LogP contribution in [0.3, 0.4) is 0 Å². The molecule has 14 rings (SSSR count). The smallest absolute Gasteiger partial charge is 0.0713 e. The lowest BCUT2D eigenvalue weighted by Gasteiger charge is -2.35. The van der Waals surface area contributed by atoms with Crippen LogP contribution >= 0.6 is 0 Å². The zero-order valence-corrected chi connectivity index (χ0v) is 44.7. The van der Waals surface area contributed by atoms with Crippen LogP contribution in [0.1, 0.15) is 72.2 Å². The molecule has 0 aromatic heterocycles. The maximum atomic E-state index is 4.78. The molecule has 3 aliphatic rings. The summed E-state index contributed by atoms with van der Waals surface area (Å²) < 4.78 is 0. The molecular formula is C76H60N2. The molecule has 0 bridgehead atoms. The molecule has 0 spiro atoms. The molecule has 0 radical (unpaired) electrons. The molecule has 0 saturated heterocycles. The van der Waals surface area contributed by atoms with Crippen molar-refractivity contribution in [1.82, 2.24) is 0 Å². The highest BCUT2D eigenvalue weighted by Crippen LogP contribution is 2.57. The van der Waals surface area contributed by atoms with Crippen LogP contribution in [0.2, 0.25) is 0 Å². The van der Waals surface area contributed by atoms with Crippen LogP contribution in [0.25, 0.3) is 43.8 Å². The van der Waals surface area contributed by atoms with Gasteiger partial charge in [-0.15, -0.1) is 0 Å². The van der Waals surface area contributed by atoms with Crippen LogP contribution in [-0.4, -0.2) is 0 Å². The highest BCUT2D eigenvalue weighted by atomic mass is 15.2. The zero-order chi connectivity index (χ0) is 52.8. The maximum absolute atomic E-state index is 4.78. The summed E-state index contributed by atoms with van der Waals surface area (Å²) >= 11 is 0. The highest BCUT2D eigenvalue weighted by Gasteiger charge is 2.46. The largest absolute Gasteiger partial charge is 0.310 e. The second-order valence-corrected chi connectivity index (χ2v) is 22.6. The predicted octanol–water partition coefficient (Wildman–Crippen LogP) is 19.8. The van der Waals surface area contributed by atoms with Gasteiger partial charge in [-0.05, 0) is 173 Å². The van der Waals surface area contributed by atoms with E-state index in [1.165, 1.54) is 88.3 Å². The lowest BCUT2D eigenvalue weighted by Crippen LogP contribution is -2.28. The van der Waals surface area contributed by atoms with E-state index in [1.54, 1.807) is 0 Å². The van der Waals surface area contributed by atoms with Crippen molar-refractivity contribution in [3.05, 3.63) is 329 Å². The molecule has 0 N–H and O–H groups in total. The zero-order valence-electron chi connectivity index (χ0n) is 44.7. The van der Waals surface area contributed by atoms with Gasteiger partial charge in [0.25, 0.3) is 0 Å². The van der Waals surface area contributed by atoms with E-state index >= 15 is 0 Å².